The lowest BCUT2D eigenvalue weighted by molar-refractivity contribution is 0.568. The highest BCUT2D eigenvalue weighted by molar-refractivity contribution is 7.99. The van der Waals surface area contributed by atoms with Crippen molar-refractivity contribution in [2.24, 2.45) is 0 Å². The fraction of sp³-hybridized carbons (Fsp3) is 0.294. The Morgan fingerprint density at radius 2 is 0.693 bits per heavy atom. The summed E-state index contributed by atoms with van der Waals surface area (Å²) in [7, 11) is 0. The Morgan fingerprint density at radius 3 is 1.15 bits per heavy atom. The van der Waals surface area contributed by atoms with E-state index in [9.17, 15) is 0 Å². The van der Waals surface area contributed by atoms with Crippen molar-refractivity contribution in [3.05, 3.63) is 262 Å². The van der Waals surface area contributed by atoms with E-state index in [-0.39, 0.29) is 39.2 Å². The van der Waals surface area contributed by atoms with Gasteiger partial charge in [0, 0.05) is 32.3 Å². The molecule has 1 nitrogen and oxygen atoms in total. The van der Waals surface area contributed by atoms with Gasteiger partial charge >= 0.3 is 0 Å². The van der Waals surface area contributed by atoms with Gasteiger partial charge in [0.25, 0.3) is 0 Å². The Morgan fingerprint density at radius 1 is 0.295 bits per heavy atom. The minimum atomic E-state index is -0.682. The van der Waals surface area contributed by atoms with E-state index < -0.39 is 5.41 Å². The van der Waals surface area contributed by atoms with E-state index in [0.717, 1.165) is 0 Å². The van der Waals surface area contributed by atoms with Crippen molar-refractivity contribution in [1.82, 2.24) is 0 Å². The van der Waals surface area contributed by atoms with Crippen LogP contribution in [0.15, 0.2) is 216 Å². The number of rotatable bonds is 5. The van der Waals surface area contributed by atoms with Crippen molar-refractivity contribution < 1.29 is 0 Å². The third-order valence-corrected chi connectivity index (χ3v) is 20.6. The Labute approximate surface area is 532 Å². The lowest BCUT2D eigenvalue weighted by Crippen LogP contribution is -2.65. The van der Waals surface area contributed by atoms with Crippen molar-refractivity contribution in [2.45, 2.75) is 172 Å². The van der Waals surface area contributed by atoms with Crippen LogP contribution in [-0.4, -0.2) is 6.71 Å². The van der Waals surface area contributed by atoms with Crippen LogP contribution in [0, 0.1) is 0 Å². The van der Waals surface area contributed by atoms with E-state index in [4.69, 9.17) is 0 Å². The largest absolute Gasteiger partial charge is 0.310 e. The van der Waals surface area contributed by atoms with Gasteiger partial charge in [0.1, 0.15) is 0 Å². The second kappa shape index (κ2) is 20.7. The number of fused-ring (bicyclic) bond motifs is 10. The molecule has 0 N–H and O–H groups in total. The number of nitrogens with zero attached hydrogens (tertiary/aromatic N) is 1. The zero-order chi connectivity index (χ0) is 62.4. The van der Waals surface area contributed by atoms with Crippen LogP contribution in [0.3, 0.4) is 0 Å². The first kappa shape index (κ1) is 59.4. The Balaban J connectivity index is 1.25. The minimum absolute atomic E-state index is 0.0497. The van der Waals surface area contributed by atoms with Crippen LogP contribution in [0.5, 0.6) is 0 Å². The maximum Gasteiger partial charge on any atom is 0.247 e. The molecule has 10 aromatic rings. The first-order chi connectivity index (χ1) is 41.4. The molecule has 1 spiro atoms. The van der Waals surface area contributed by atoms with Gasteiger partial charge in [-0.25, -0.2) is 0 Å². The zero-order valence-electron chi connectivity index (χ0n) is 55.6. The third-order valence-electron chi connectivity index (χ3n) is 19.5. The normalized spacial score (nSPS) is 14.5. The third kappa shape index (κ3) is 10.0. The molecule has 13 rings (SSSR count). The maximum absolute atomic E-state index is 2.78. The van der Waals surface area contributed by atoms with Crippen LogP contribution in [0.4, 0.5) is 17.1 Å². The van der Waals surface area contributed by atoms with Crippen molar-refractivity contribution in [3.8, 4) is 44.5 Å². The molecule has 0 amide bonds. The number of anilines is 3. The lowest BCUT2D eigenvalue weighted by Gasteiger charge is -2.51. The van der Waals surface area contributed by atoms with Gasteiger partial charge in [-0.3, -0.25) is 0 Å². The van der Waals surface area contributed by atoms with Crippen LogP contribution in [0.1, 0.15) is 180 Å². The van der Waals surface area contributed by atoms with E-state index in [1.165, 1.54) is 143 Å². The molecule has 0 atom stereocenters. The van der Waals surface area contributed by atoms with E-state index in [2.05, 4.69) is 336 Å². The van der Waals surface area contributed by atoms with E-state index >= 15 is 0 Å². The Hall–Kier alpha value is -7.59. The van der Waals surface area contributed by atoms with Gasteiger partial charge in [0.05, 0.1) is 11.1 Å². The summed E-state index contributed by atoms with van der Waals surface area (Å²) in [6, 6.07) is 81.8. The zero-order valence-corrected chi connectivity index (χ0v) is 56.4. The maximum atomic E-state index is 2.78. The predicted octanol–water partition coefficient (Wildman–Crippen LogP) is 21.6. The number of benzene rings is 10. The highest BCUT2D eigenvalue weighted by Gasteiger charge is 2.55. The molecule has 0 aliphatic carbocycles. The fourth-order valence-corrected chi connectivity index (χ4v) is 15.4. The topological polar surface area (TPSA) is 3.24 Å². The Bertz CT molecular complexity index is 4230. The molecule has 3 heterocycles. The highest BCUT2D eigenvalue weighted by atomic mass is 32.2. The second-order valence-electron chi connectivity index (χ2n) is 31.9. The van der Waals surface area contributed by atoms with E-state index in [0.29, 0.717) is 0 Å². The summed E-state index contributed by atoms with van der Waals surface area (Å²) >= 11 is 1.92. The summed E-state index contributed by atoms with van der Waals surface area (Å²) in [5, 5.41) is 0. The molecule has 3 heteroatoms. The Kier molecular flexibility index (Phi) is 14.0. The average Bonchev–Trinajstić information content (AvgIpc) is 0.668. The van der Waals surface area contributed by atoms with Crippen molar-refractivity contribution in [2.75, 3.05) is 4.90 Å². The first-order valence-electron chi connectivity index (χ1n) is 32.2. The molecular formula is C85H88BNS. The summed E-state index contributed by atoms with van der Waals surface area (Å²) in [5.41, 5.74) is 29.6. The monoisotopic (exact) mass is 1170 g/mol. The number of hydrogen-bond donors (Lipinski definition) is 0. The average molecular weight is 1170 g/mol. The van der Waals surface area contributed by atoms with E-state index in [1.54, 1.807) is 0 Å². The molecule has 0 bridgehead atoms. The second-order valence-corrected chi connectivity index (χ2v) is 33.0. The molecule has 0 aromatic heterocycles. The van der Waals surface area contributed by atoms with Gasteiger partial charge in [-0.05, 0) is 169 Å². The SMILES string of the molecule is CC(C)(C)c1cc(-c2ccc3c(c2)B2c4ccc(-c5cc(C(C)(C)C)cc(C(C)(C)C)c5)cc4N(c4c(-c5ccccc5)cc(C(C)(C)C)cc4-c4ccccc4)c4cc(C(C)(C)C)cc(c42)C32c3ccccc3Sc3ccccc32)cc(C(C)(C)C)c1. The fourth-order valence-electron chi connectivity index (χ4n) is 14.2. The van der Waals surface area contributed by atoms with Gasteiger partial charge in [-0.1, -0.05) is 312 Å². The van der Waals surface area contributed by atoms with Gasteiger partial charge in [-0.2, -0.15) is 0 Å². The molecule has 88 heavy (non-hydrogen) atoms. The van der Waals surface area contributed by atoms with Crippen LogP contribution in [-0.2, 0) is 37.9 Å². The first-order valence-corrected chi connectivity index (χ1v) is 33.0. The predicted molar refractivity (Wildman–Crippen MR) is 382 cm³/mol. The molecule has 3 aliphatic heterocycles. The van der Waals surface area contributed by atoms with Crippen LogP contribution >= 0.6 is 11.8 Å². The summed E-state index contributed by atoms with van der Waals surface area (Å²) in [4.78, 5) is 5.38. The molecule has 10 aromatic carbocycles. The highest BCUT2D eigenvalue weighted by Crippen LogP contribution is 2.59. The van der Waals surface area contributed by atoms with Crippen LogP contribution < -0.4 is 21.3 Å². The van der Waals surface area contributed by atoms with Gasteiger partial charge in [0.2, 0.25) is 6.71 Å². The van der Waals surface area contributed by atoms with Crippen molar-refractivity contribution in [1.29, 1.82) is 0 Å². The molecule has 442 valence electrons. The quantitative estimate of drug-likeness (QED) is 0.158. The van der Waals surface area contributed by atoms with Gasteiger partial charge in [0.15, 0.2) is 0 Å². The van der Waals surface area contributed by atoms with Gasteiger partial charge in [-0.15, -0.1) is 0 Å². The molecule has 0 fully saturated rings. The van der Waals surface area contributed by atoms with Crippen molar-refractivity contribution >= 4 is 51.9 Å². The minimum Gasteiger partial charge on any atom is -0.310 e. The summed E-state index contributed by atoms with van der Waals surface area (Å²) in [6.45, 7) is 42.5. The molecule has 3 aliphatic rings. The summed E-state index contributed by atoms with van der Waals surface area (Å²) < 4.78 is 0. The van der Waals surface area contributed by atoms with E-state index in [1.807, 2.05) is 11.8 Å². The van der Waals surface area contributed by atoms with Crippen LogP contribution in [0.25, 0.3) is 44.5 Å². The summed E-state index contributed by atoms with van der Waals surface area (Å²) in [6.07, 6.45) is 0. The van der Waals surface area contributed by atoms with Crippen molar-refractivity contribution in [3.63, 3.8) is 0 Å². The van der Waals surface area contributed by atoms with Crippen LogP contribution in [0.2, 0.25) is 0 Å². The molecule has 0 radical (unpaired) electrons. The molecule has 0 saturated heterocycles. The lowest BCUT2D eigenvalue weighted by atomic mass is 9.29. The molecule has 0 saturated carbocycles. The number of hydrogen-bond acceptors (Lipinski definition) is 2. The van der Waals surface area contributed by atoms with Gasteiger partial charge < -0.3 is 4.90 Å². The summed E-state index contributed by atoms with van der Waals surface area (Å²) in [5.74, 6) is 0. The molecular weight excluding hydrogens is 1080 g/mol. The molecule has 0 unspecified atom stereocenters. The smallest absolute Gasteiger partial charge is 0.247 e. The standard InChI is InChI=1S/C85H88BNS/c1-79(2,3)59-41-57(42-60(47-59)80(4,5)6)55-37-39-67-72(45-55)86-71-40-38-56(58-43-61(81(7,8)9)48-62(44-58)82(10,11)12)46-73(71)87(78-65(53-29-21-19-22-30-53)49-63(83(13,14)15)50-66(78)54-31-23-20-24-32-54)74-52-64(84(16,17)18)51-70(77(74)86)85(67)68-33-25-27-35-75(68)88-76-36-28-26-34-69(76)85/h19-52H,1-18H3.